The second-order valence-corrected chi connectivity index (χ2v) is 13.5. The van der Waals surface area contributed by atoms with Crippen molar-refractivity contribution in [1.29, 1.82) is 0 Å². The first kappa shape index (κ1) is 25.8. The molecule has 2 nitrogen and oxygen atoms in total. The van der Waals surface area contributed by atoms with Crippen LogP contribution in [0.2, 0.25) is 0 Å². The van der Waals surface area contributed by atoms with Crippen LogP contribution in [0.1, 0.15) is 109 Å². The highest BCUT2D eigenvalue weighted by Gasteiger charge is 2.57. The number of rotatable bonds is 7. The minimum atomic E-state index is -0.176. The summed E-state index contributed by atoms with van der Waals surface area (Å²) in [6, 6.07) is 9.45. The third-order valence-electron chi connectivity index (χ3n) is 11.0. The number of ether oxygens (including phenoxy) is 1. The van der Waals surface area contributed by atoms with Gasteiger partial charge in [0.15, 0.2) is 0 Å². The molecule has 196 valence electrons. The van der Waals surface area contributed by atoms with Gasteiger partial charge in [-0.3, -0.25) is 0 Å². The van der Waals surface area contributed by atoms with Crippen LogP contribution in [-0.4, -0.2) is 12.1 Å². The zero-order valence-corrected chi connectivity index (χ0v) is 23.4. The molecule has 1 aromatic rings. The van der Waals surface area contributed by atoms with E-state index in [-0.39, 0.29) is 17.5 Å². The molecule has 0 amide bonds. The summed E-state index contributed by atoms with van der Waals surface area (Å²) in [4.78, 5) is 12.7. The van der Waals surface area contributed by atoms with E-state index >= 15 is 0 Å². The van der Waals surface area contributed by atoms with Gasteiger partial charge in [0.25, 0.3) is 0 Å². The van der Waals surface area contributed by atoms with Gasteiger partial charge in [0, 0.05) is 6.42 Å². The first-order chi connectivity index (χ1) is 17.2. The van der Waals surface area contributed by atoms with Crippen molar-refractivity contribution < 1.29 is 9.53 Å². The van der Waals surface area contributed by atoms with Gasteiger partial charge >= 0.3 is 5.97 Å². The highest BCUT2D eigenvalue weighted by molar-refractivity contribution is 5.89. The normalized spacial score (nSPS) is 36.3. The van der Waals surface area contributed by atoms with Crippen LogP contribution in [0, 0.1) is 40.4 Å². The number of carbonyl (C=O) groups is 1. The first-order valence-corrected chi connectivity index (χ1v) is 14.9. The third-order valence-corrected chi connectivity index (χ3v) is 11.0. The number of esters is 1. The molecule has 0 saturated heterocycles. The van der Waals surface area contributed by atoms with Gasteiger partial charge in [-0.1, -0.05) is 95.4 Å². The van der Waals surface area contributed by atoms with Crippen LogP contribution < -0.4 is 0 Å². The Balaban J connectivity index is 1.29. The molecular weight excluding hydrogens is 440 g/mol. The number of carbonyl (C=O) groups excluding carboxylic acids is 1. The van der Waals surface area contributed by atoms with Crippen LogP contribution in [-0.2, 0) is 4.74 Å². The molecule has 4 aliphatic carbocycles. The van der Waals surface area contributed by atoms with Crippen LogP contribution >= 0.6 is 0 Å². The molecule has 0 N–H and O–H groups in total. The van der Waals surface area contributed by atoms with E-state index in [0.717, 1.165) is 42.9 Å². The summed E-state index contributed by atoms with van der Waals surface area (Å²) in [5.41, 5.74) is 4.66. The Morgan fingerprint density at radius 2 is 1.72 bits per heavy atom. The Morgan fingerprint density at radius 3 is 2.47 bits per heavy atom. The summed E-state index contributed by atoms with van der Waals surface area (Å²) in [6.45, 7) is 12.4. The molecule has 0 aliphatic heterocycles. The minimum Gasteiger partial charge on any atom is -0.458 e. The molecule has 0 heterocycles. The average molecular weight is 489 g/mol. The summed E-state index contributed by atoms with van der Waals surface area (Å²) in [5.74, 6) is 3.81. The molecule has 0 radical (unpaired) electrons. The molecule has 3 fully saturated rings. The number of hydrogen-bond acceptors (Lipinski definition) is 2. The lowest BCUT2D eigenvalue weighted by molar-refractivity contribution is 0.00572. The van der Waals surface area contributed by atoms with E-state index in [1.807, 2.05) is 30.3 Å². The number of benzene rings is 1. The molecule has 0 spiro atoms. The zero-order valence-electron chi connectivity index (χ0n) is 23.4. The summed E-state index contributed by atoms with van der Waals surface area (Å²) < 4.78 is 5.98. The fraction of sp³-hybridized carbons (Fsp3) is 0.676. The summed E-state index contributed by atoms with van der Waals surface area (Å²) in [6.07, 6.45) is 17.7. The Labute approximate surface area is 220 Å². The maximum absolute atomic E-state index is 12.7. The predicted octanol–water partition coefficient (Wildman–Crippen LogP) is 9.17. The van der Waals surface area contributed by atoms with E-state index in [2.05, 4.69) is 46.8 Å². The summed E-state index contributed by atoms with van der Waals surface area (Å²) >= 11 is 0. The van der Waals surface area contributed by atoms with Gasteiger partial charge in [-0.15, -0.1) is 0 Å². The molecule has 0 bridgehead atoms. The van der Waals surface area contributed by atoms with Gasteiger partial charge in [0.1, 0.15) is 6.10 Å². The molecule has 2 heteroatoms. The van der Waals surface area contributed by atoms with Crippen molar-refractivity contribution in [2.24, 2.45) is 40.4 Å². The van der Waals surface area contributed by atoms with Gasteiger partial charge < -0.3 is 4.74 Å². The van der Waals surface area contributed by atoms with Gasteiger partial charge in [-0.05, 0) is 91.1 Å². The molecule has 3 saturated carbocycles. The number of hydrogen-bond donors (Lipinski definition) is 0. The SMILES string of the molecule is CC(C)CCC[C@H](C)[C@H]1CC[C@H]2C3=CC=C4C[C@@H](OC(=O)c5ccccc5)CC[C@]4(C)[C@@H]3CC[C@]12C. The Hall–Kier alpha value is -1.83. The Morgan fingerprint density at radius 1 is 0.944 bits per heavy atom. The highest BCUT2D eigenvalue weighted by Crippen LogP contribution is 2.66. The van der Waals surface area contributed by atoms with Crippen molar-refractivity contribution in [3.05, 3.63) is 59.2 Å². The van der Waals surface area contributed by atoms with Gasteiger partial charge in [0.2, 0.25) is 0 Å². The van der Waals surface area contributed by atoms with Gasteiger partial charge in [-0.2, -0.15) is 0 Å². The lowest BCUT2D eigenvalue weighted by Gasteiger charge is -2.55. The summed E-state index contributed by atoms with van der Waals surface area (Å²) in [7, 11) is 0. The van der Waals surface area contributed by atoms with Gasteiger partial charge in [-0.25, -0.2) is 4.79 Å². The van der Waals surface area contributed by atoms with E-state index in [1.54, 1.807) is 5.57 Å². The zero-order chi connectivity index (χ0) is 25.5. The standard InChI is InChI=1S/C34H48O2/c1-23(2)10-9-11-24(3)29-16-17-30-28-15-14-26-22-27(36-32(35)25-12-7-6-8-13-25)18-20-33(26,4)31(28)19-21-34(29,30)5/h6-8,12-15,23-24,27,29-31H,9-11,16-22H2,1-5H3/t24-,27-,29+,30-,31+,33-,34+/m0/s1. The average Bonchev–Trinajstić information content (AvgIpc) is 3.22. The largest absolute Gasteiger partial charge is 0.458 e. The lowest BCUT2D eigenvalue weighted by atomic mass is 9.50. The molecule has 1 aromatic carbocycles. The fourth-order valence-corrected chi connectivity index (χ4v) is 8.89. The van der Waals surface area contributed by atoms with E-state index < -0.39 is 0 Å². The molecular formula is C34H48O2. The first-order valence-electron chi connectivity index (χ1n) is 14.9. The minimum absolute atomic E-state index is 0.00314. The Kier molecular flexibility index (Phi) is 7.27. The van der Waals surface area contributed by atoms with Crippen LogP contribution in [0.5, 0.6) is 0 Å². The van der Waals surface area contributed by atoms with Crippen molar-refractivity contribution in [1.82, 2.24) is 0 Å². The van der Waals surface area contributed by atoms with Gasteiger partial charge in [0.05, 0.1) is 5.56 Å². The smallest absolute Gasteiger partial charge is 0.338 e. The number of allylic oxidation sites excluding steroid dienone is 3. The molecule has 0 aromatic heterocycles. The van der Waals surface area contributed by atoms with E-state index in [0.29, 0.717) is 16.9 Å². The molecule has 4 aliphatic rings. The van der Waals surface area contributed by atoms with Crippen molar-refractivity contribution >= 4 is 5.97 Å². The van der Waals surface area contributed by atoms with E-state index in [1.165, 1.54) is 50.5 Å². The van der Waals surface area contributed by atoms with E-state index in [4.69, 9.17) is 4.74 Å². The van der Waals surface area contributed by atoms with Crippen LogP contribution in [0.25, 0.3) is 0 Å². The lowest BCUT2D eigenvalue weighted by Crippen LogP contribution is -2.46. The predicted molar refractivity (Wildman–Crippen MR) is 149 cm³/mol. The molecule has 7 atom stereocenters. The quantitative estimate of drug-likeness (QED) is 0.358. The van der Waals surface area contributed by atoms with Crippen molar-refractivity contribution in [2.45, 2.75) is 105 Å². The van der Waals surface area contributed by atoms with Crippen LogP contribution in [0.15, 0.2) is 53.6 Å². The topological polar surface area (TPSA) is 26.3 Å². The highest BCUT2D eigenvalue weighted by atomic mass is 16.5. The van der Waals surface area contributed by atoms with Crippen LogP contribution in [0.4, 0.5) is 0 Å². The maximum atomic E-state index is 12.7. The second-order valence-electron chi connectivity index (χ2n) is 13.5. The second kappa shape index (κ2) is 10.1. The third kappa shape index (κ3) is 4.63. The molecule has 0 unspecified atom stereocenters. The summed E-state index contributed by atoms with van der Waals surface area (Å²) in [5, 5.41) is 0. The number of fused-ring (bicyclic) bond motifs is 5. The Bertz CT molecular complexity index is 1000. The maximum Gasteiger partial charge on any atom is 0.338 e. The molecule has 5 rings (SSSR count). The van der Waals surface area contributed by atoms with Crippen molar-refractivity contribution in [2.75, 3.05) is 0 Å². The van der Waals surface area contributed by atoms with E-state index in [9.17, 15) is 4.79 Å². The monoisotopic (exact) mass is 488 g/mol. The van der Waals surface area contributed by atoms with Crippen LogP contribution in [0.3, 0.4) is 0 Å². The fourth-order valence-electron chi connectivity index (χ4n) is 8.89. The molecule has 36 heavy (non-hydrogen) atoms. The van der Waals surface area contributed by atoms with Crippen molar-refractivity contribution in [3.63, 3.8) is 0 Å². The van der Waals surface area contributed by atoms with Crippen molar-refractivity contribution in [3.8, 4) is 0 Å².